The SMILES string of the molecule is CCC(C)n1nnc2cc(S(=O)(=O)N3CCC(C(=O)Nc4ccc(C)c(C)c4)CC3)ccc21. The van der Waals surface area contributed by atoms with Gasteiger partial charge in [-0.2, -0.15) is 4.31 Å². The summed E-state index contributed by atoms with van der Waals surface area (Å²) in [6.45, 7) is 8.79. The van der Waals surface area contributed by atoms with E-state index in [2.05, 4.69) is 29.5 Å². The Bertz CT molecular complexity index is 1280. The minimum Gasteiger partial charge on any atom is -0.326 e. The number of fused-ring (bicyclic) bond motifs is 1. The van der Waals surface area contributed by atoms with Crippen LogP contribution < -0.4 is 5.32 Å². The molecule has 4 rings (SSSR count). The van der Waals surface area contributed by atoms with Crippen LogP contribution in [0.4, 0.5) is 5.69 Å². The summed E-state index contributed by atoms with van der Waals surface area (Å²) in [5.41, 5.74) is 4.46. The number of carbonyl (C=O) groups is 1. The molecule has 1 aromatic heterocycles. The second kappa shape index (κ2) is 9.23. The van der Waals surface area contributed by atoms with Crippen LogP contribution in [-0.4, -0.2) is 46.7 Å². The zero-order valence-electron chi connectivity index (χ0n) is 19.6. The fourth-order valence-corrected chi connectivity index (χ4v) is 5.64. The van der Waals surface area contributed by atoms with Crippen LogP contribution in [0, 0.1) is 19.8 Å². The van der Waals surface area contributed by atoms with Gasteiger partial charge in [0.05, 0.1) is 16.5 Å². The van der Waals surface area contributed by atoms with Gasteiger partial charge < -0.3 is 5.32 Å². The molecule has 1 unspecified atom stereocenters. The van der Waals surface area contributed by atoms with Gasteiger partial charge in [0.1, 0.15) is 5.52 Å². The average molecular weight is 470 g/mol. The molecule has 2 heterocycles. The van der Waals surface area contributed by atoms with Crippen LogP contribution in [-0.2, 0) is 14.8 Å². The third kappa shape index (κ3) is 4.65. The monoisotopic (exact) mass is 469 g/mol. The average Bonchev–Trinajstić information content (AvgIpc) is 3.24. The van der Waals surface area contributed by atoms with Gasteiger partial charge in [0, 0.05) is 24.7 Å². The highest BCUT2D eigenvalue weighted by Gasteiger charge is 2.32. The summed E-state index contributed by atoms with van der Waals surface area (Å²) >= 11 is 0. The third-order valence-corrected chi connectivity index (χ3v) is 8.58. The Morgan fingerprint density at radius 1 is 1.12 bits per heavy atom. The van der Waals surface area contributed by atoms with E-state index in [0.29, 0.717) is 31.4 Å². The lowest BCUT2D eigenvalue weighted by molar-refractivity contribution is -0.120. The smallest absolute Gasteiger partial charge is 0.243 e. The molecule has 0 aliphatic carbocycles. The molecule has 1 aliphatic rings. The molecule has 8 nitrogen and oxygen atoms in total. The number of aryl methyl sites for hydroxylation is 2. The van der Waals surface area contributed by atoms with E-state index in [1.165, 1.54) is 9.87 Å². The van der Waals surface area contributed by atoms with E-state index in [0.717, 1.165) is 23.2 Å². The fourth-order valence-electron chi connectivity index (χ4n) is 4.15. The van der Waals surface area contributed by atoms with Crippen molar-refractivity contribution in [2.45, 2.75) is 57.9 Å². The van der Waals surface area contributed by atoms with Gasteiger partial charge in [-0.3, -0.25) is 4.79 Å². The maximum Gasteiger partial charge on any atom is 0.243 e. The predicted molar refractivity (Wildman–Crippen MR) is 129 cm³/mol. The van der Waals surface area contributed by atoms with Gasteiger partial charge >= 0.3 is 0 Å². The molecule has 176 valence electrons. The maximum atomic E-state index is 13.2. The van der Waals surface area contributed by atoms with E-state index in [4.69, 9.17) is 0 Å². The summed E-state index contributed by atoms with van der Waals surface area (Å²) in [4.78, 5) is 12.9. The molecule has 0 bridgehead atoms. The molecule has 1 saturated heterocycles. The highest BCUT2D eigenvalue weighted by atomic mass is 32.2. The third-order valence-electron chi connectivity index (χ3n) is 6.69. The van der Waals surface area contributed by atoms with Crippen LogP contribution in [0.5, 0.6) is 0 Å². The molecule has 9 heteroatoms. The number of rotatable bonds is 6. The molecule has 1 fully saturated rings. The highest BCUT2D eigenvalue weighted by Crippen LogP contribution is 2.27. The van der Waals surface area contributed by atoms with Crippen molar-refractivity contribution in [3.63, 3.8) is 0 Å². The van der Waals surface area contributed by atoms with Gasteiger partial charge in [-0.1, -0.05) is 18.2 Å². The lowest BCUT2D eigenvalue weighted by atomic mass is 9.97. The number of piperidine rings is 1. The van der Waals surface area contributed by atoms with Crippen LogP contribution in [0.25, 0.3) is 11.0 Å². The molecule has 1 N–H and O–H groups in total. The first-order valence-electron chi connectivity index (χ1n) is 11.4. The molecular weight excluding hydrogens is 438 g/mol. The van der Waals surface area contributed by atoms with Gasteiger partial charge in [0.15, 0.2) is 0 Å². The minimum absolute atomic E-state index is 0.0571. The number of carbonyl (C=O) groups excluding carboxylic acids is 1. The topological polar surface area (TPSA) is 97.2 Å². The normalized spacial score (nSPS) is 16.7. The zero-order valence-corrected chi connectivity index (χ0v) is 20.4. The number of nitrogens with one attached hydrogen (secondary N) is 1. The van der Waals surface area contributed by atoms with E-state index in [9.17, 15) is 13.2 Å². The van der Waals surface area contributed by atoms with Crippen molar-refractivity contribution >= 4 is 32.7 Å². The molecule has 33 heavy (non-hydrogen) atoms. The summed E-state index contributed by atoms with van der Waals surface area (Å²) in [6, 6.07) is 11.0. The lowest BCUT2D eigenvalue weighted by Crippen LogP contribution is -2.41. The summed E-state index contributed by atoms with van der Waals surface area (Å²) < 4.78 is 29.8. The summed E-state index contributed by atoms with van der Waals surface area (Å²) in [5, 5.41) is 11.3. The van der Waals surface area contributed by atoms with Crippen molar-refractivity contribution in [3.8, 4) is 0 Å². The van der Waals surface area contributed by atoms with Crippen molar-refractivity contribution in [2.75, 3.05) is 18.4 Å². The lowest BCUT2D eigenvalue weighted by Gasteiger charge is -2.30. The first kappa shape index (κ1) is 23.4. The maximum absolute atomic E-state index is 13.2. The molecule has 0 radical (unpaired) electrons. The van der Waals surface area contributed by atoms with Gasteiger partial charge in [-0.05, 0) is 81.5 Å². The number of benzene rings is 2. The van der Waals surface area contributed by atoms with E-state index in [1.807, 2.05) is 36.7 Å². The van der Waals surface area contributed by atoms with Crippen LogP contribution >= 0.6 is 0 Å². The van der Waals surface area contributed by atoms with Crippen molar-refractivity contribution in [1.82, 2.24) is 19.3 Å². The Balaban J connectivity index is 1.43. The number of hydrogen-bond acceptors (Lipinski definition) is 5. The molecule has 1 aliphatic heterocycles. The number of amides is 1. The Morgan fingerprint density at radius 3 is 2.52 bits per heavy atom. The second-order valence-corrected chi connectivity index (χ2v) is 10.8. The molecule has 1 amide bonds. The Labute approximate surface area is 195 Å². The van der Waals surface area contributed by atoms with Crippen molar-refractivity contribution in [2.24, 2.45) is 5.92 Å². The van der Waals surface area contributed by atoms with Crippen molar-refractivity contribution in [1.29, 1.82) is 0 Å². The highest BCUT2D eigenvalue weighted by molar-refractivity contribution is 7.89. The minimum atomic E-state index is -3.66. The van der Waals surface area contributed by atoms with Crippen LogP contribution in [0.15, 0.2) is 41.3 Å². The molecule has 0 spiro atoms. The molecule has 2 aromatic carbocycles. The second-order valence-electron chi connectivity index (χ2n) is 8.91. The number of anilines is 1. The van der Waals surface area contributed by atoms with Gasteiger partial charge in [-0.25, -0.2) is 13.1 Å². The number of aromatic nitrogens is 3. The number of sulfonamides is 1. The predicted octanol–water partition coefficient (Wildman–Crippen LogP) is 4.06. The first-order valence-corrected chi connectivity index (χ1v) is 12.9. The Morgan fingerprint density at radius 2 is 1.85 bits per heavy atom. The van der Waals surface area contributed by atoms with E-state index in [1.54, 1.807) is 18.2 Å². The van der Waals surface area contributed by atoms with Crippen LogP contribution in [0.3, 0.4) is 0 Å². The Kier molecular flexibility index (Phi) is 6.54. The van der Waals surface area contributed by atoms with Crippen LogP contribution in [0.2, 0.25) is 0 Å². The molecule has 1 atom stereocenters. The van der Waals surface area contributed by atoms with E-state index in [-0.39, 0.29) is 22.8 Å². The largest absolute Gasteiger partial charge is 0.326 e. The van der Waals surface area contributed by atoms with E-state index < -0.39 is 10.0 Å². The van der Waals surface area contributed by atoms with Gasteiger partial charge in [0.25, 0.3) is 0 Å². The fraction of sp³-hybridized carbons (Fsp3) is 0.458. The standard InChI is InChI=1S/C24H31N5O3S/c1-5-18(4)29-23-9-8-21(15-22(23)26-27-29)33(31,32)28-12-10-19(11-13-28)24(30)25-20-7-6-16(2)17(3)14-20/h6-9,14-15,18-19H,5,10-13H2,1-4H3,(H,25,30). The van der Waals surface area contributed by atoms with E-state index >= 15 is 0 Å². The van der Waals surface area contributed by atoms with Gasteiger partial charge in [0.2, 0.25) is 15.9 Å². The number of nitrogens with zero attached hydrogens (tertiary/aromatic N) is 4. The summed E-state index contributed by atoms with van der Waals surface area (Å²) in [5.74, 6) is -0.269. The van der Waals surface area contributed by atoms with Crippen LogP contribution in [0.1, 0.15) is 50.3 Å². The molecule has 3 aromatic rings. The zero-order chi connectivity index (χ0) is 23.8. The molecular formula is C24H31N5O3S. The molecule has 0 saturated carbocycles. The first-order chi connectivity index (χ1) is 15.7. The summed E-state index contributed by atoms with van der Waals surface area (Å²) in [7, 11) is -3.66. The summed E-state index contributed by atoms with van der Waals surface area (Å²) in [6.07, 6.45) is 1.88. The number of hydrogen-bond donors (Lipinski definition) is 1. The van der Waals surface area contributed by atoms with Crippen molar-refractivity contribution in [3.05, 3.63) is 47.5 Å². The van der Waals surface area contributed by atoms with Crippen molar-refractivity contribution < 1.29 is 13.2 Å². The van der Waals surface area contributed by atoms with Gasteiger partial charge in [-0.15, -0.1) is 5.10 Å². The quantitative estimate of drug-likeness (QED) is 0.587. The Hall–Kier alpha value is -2.78.